The van der Waals surface area contributed by atoms with Crippen LogP contribution in [0.15, 0.2) is 71.2 Å². The molecule has 0 aliphatic rings. The molecule has 3 aromatic carbocycles. The predicted octanol–water partition coefficient (Wildman–Crippen LogP) is 5.92. The quantitative estimate of drug-likeness (QED) is 0.551. The molecule has 0 aromatic heterocycles. The third kappa shape index (κ3) is 5.03. The van der Waals surface area contributed by atoms with Gasteiger partial charge in [-0.1, -0.05) is 18.2 Å². The lowest BCUT2D eigenvalue weighted by Gasteiger charge is -2.11. The lowest BCUT2D eigenvalue weighted by atomic mass is 10.2. The van der Waals surface area contributed by atoms with E-state index in [0.29, 0.717) is 18.9 Å². The van der Waals surface area contributed by atoms with E-state index in [1.54, 1.807) is 18.2 Å². The molecule has 0 spiro atoms. The number of benzene rings is 3. The molecular weight excluding hydrogens is 388 g/mol. The zero-order valence-electron chi connectivity index (χ0n) is 13.3. The van der Waals surface area contributed by atoms with Gasteiger partial charge in [0.1, 0.15) is 24.0 Å². The van der Waals surface area contributed by atoms with Crippen molar-refractivity contribution in [2.45, 2.75) is 13.2 Å². The van der Waals surface area contributed by atoms with E-state index in [1.165, 1.54) is 24.3 Å². The van der Waals surface area contributed by atoms with E-state index >= 15 is 0 Å². The molecule has 0 saturated heterocycles. The second-order valence-electron chi connectivity index (χ2n) is 5.54. The zero-order valence-corrected chi connectivity index (χ0v) is 14.9. The Morgan fingerprint density at radius 1 is 0.840 bits per heavy atom. The van der Waals surface area contributed by atoms with Crippen molar-refractivity contribution in [2.24, 2.45) is 0 Å². The topological polar surface area (TPSA) is 21.3 Å². The zero-order chi connectivity index (χ0) is 17.6. The molecule has 0 saturated carbocycles. The Balaban J connectivity index is 1.59. The van der Waals surface area contributed by atoms with Crippen molar-refractivity contribution in [2.75, 3.05) is 5.32 Å². The summed E-state index contributed by atoms with van der Waals surface area (Å²) in [4.78, 5) is 0. The Bertz CT molecular complexity index is 853. The van der Waals surface area contributed by atoms with Crippen molar-refractivity contribution >= 4 is 21.6 Å². The minimum atomic E-state index is -0.276. The average molecular weight is 404 g/mol. The maximum absolute atomic E-state index is 13.2. The molecule has 0 aliphatic heterocycles. The number of hydrogen-bond donors (Lipinski definition) is 1. The SMILES string of the molecule is Fc1ccc(NCc2ccc(OCc3cccc(F)c3)c(Br)c2)cc1. The summed E-state index contributed by atoms with van der Waals surface area (Å²) in [6.07, 6.45) is 0. The van der Waals surface area contributed by atoms with Gasteiger partial charge >= 0.3 is 0 Å². The highest BCUT2D eigenvalue weighted by molar-refractivity contribution is 9.10. The first-order valence-electron chi connectivity index (χ1n) is 7.75. The van der Waals surface area contributed by atoms with Crippen LogP contribution in [0, 0.1) is 11.6 Å². The van der Waals surface area contributed by atoms with Crippen LogP contribution in [0.5, 0.6) is 5.75 Å². The first-order valence-corrected chi connectivity index (χ1v) is 8.54. The van der Waals surface area contributed by atoms with Gasteiger partial charge in [-0.3, -0.25) is 0 Å². The van der Waals surface area contributed by atoms with E-state index < -0.39 is 0 Å². The monoisotopic (exact) mass is 403 g/mol. The second kappa shape index (κ2) is 8.12. The summed E-state index contributed by atoms with van der Waals surface area (Å²) in [5.41, 5.74) is 2.67. The Morgan fingerprint density at radius 2 is 1.64 bits per heavy atom. The van der Waals surface area contributed by atoms with Crippen LogP contribution >= 0.6 is 15.9 Å². The van der Waals surface area contributed by atoms with E-state index in [0.717, 1.165) is 21.3 Å². The number of anilines is 1. The van der Waals surface area contributed by atoms with Gasteiger partial charge in [-0.2, -0.15) is 0 Å². The maximum Gasteiger partial charge on any atom is 0.134 e. The van der Waals surface area contributed by atoms with Gasteiger partial charge in [0.15, 0.2) is 0 Å². The molecule has 3 rings (SSSR count). The average Bonchev–Trinajstić information content (AvgIpc) is 2.60. The smallest absolute Gasteiger partial charge is 0.134 e. The number of halogens is 3. The molecule has 25 heavy (non-hydrogen) atoms. The first kappa shape index (κ1) is 17.4. The summed E-state index contributed by atoms with van der Waals surface area (Å²) in [5, 5.41) is 3.23. The number of hydrogen-bond acceptors (Lipinski definition) is 2. The summed E-state index contributed by atoms with van der Waals surface area (Å²) in [6.45, 7) is 0.901. The molecule has 128 valence electrons. The third-order valence-electron chi connectivity index (χ3n) is 3.62. The summed E-state index contributed by atoms with van der Waals surface area (Å²) >= 11 is 3.49. The Hall–Kier alpha value is -2.40. The van der Waals surface area contributed by atoms with Crippen LogP contribution in [0.3, 0.4) is 0 Å². The van der Waals surface area contributed by atoms with Crippen molar-refractivity contribution in [3.8, 4) is 5.75 Å². The molecular formula is C20H16BrF2NO. The molecule has 0 atom stereocenters. The van der Waals surface area contributed by atoms with E-state index in [1.807, 2.05) is 24.3 Å². The van der Waals surface area contributed by atoms with Gasteiger partial charge in [-0.05, 0) is 75.6 Å². The summed E-state index contributed by atoms with van der Waals surface area (Å²) < 4.78 is 32.6. The lowest BCUT2D eigenvalue weighted by molar-refractivity contribution is 0.303. The van der Waals surface area contributed by atoms with E-state index in [4.69, 9.17) is 4.74 Å². The van der Waals surface area contributed by atoms with Crippen molar-refractivity contribution < 1.29 is 13.5 Å². The van der Waals surface area contributed by atoms with Gasteiger partial charge in [0, 0.05) is 12.2 Å². The molecule has 0 amide bonds. The molecule has 1 N–H and O–H groups in total. The fourth-order valence-corrected chi connectivity index (χ4v) is 2.87. The highest BCUT2D eigenvalue weighted by Crippen LogP contribution is 2.27. The van der Waals surface area contributed by atoms with Crippen LogP contribution in [0.1, 0.15) is 11.1 Å². The molecule has 0 fully saturated rings. The number of ether oxygens (including phenoxy) is 1. The largest absolute Gasteiger partial charge is 0.488 e. The summed E-state index contributed by atoms with van der Waals surface area (Å²) in [5.74, 6) is 0.158. The molecule has 0 bridgehead atoms. The van der Waals surface area contributed by atoms with Crippen LogP contribution < -0.4 is 10.1 Å². The van der Waals surface area contributed by atoms with E-state index in [2.05, 4.69) is 21.2 Å². The predicted molar refractivity (Wildman–Crippen MR) is 98.6 cm³/mol. The van der Waals surface area contributed by atoms with E-state index in [9.17, 15) is 8.78 Å². The van der Waals surface area contributed by atoms with Crippen molar-refractivity contribution in [3.63, 3.8) is 0 Å². The van der Waals surface area contributed by atoms with Crippen LogP contribution in [0.2, 0.25) is 0 Å². The standard InChI is InChI=1S/C20H16BrF2NO/c21-19-11-14(12-24-18-7-5-16(22)6-8-18)4-9-20(19)25-13-15-2-1-3-17(23)10-15/h1-11,24H,12-13H2. The highest BCUT2D eigenvalue weighted by atomic mass is 79.9. The minimum Gasteiger partial charge on any atom is -0.488 e. The van der Waals surface area contributed by atoms with Gasteiger partial charge in [-0.15, -0.1) is 0 Å². The van der Waals surface area contributed by atoms with Crippen LogP contribution in [-0.4, -0.2) is 0 Å². The Morgan fingerprint density at radius 3 is 2.36 bits per heavy atom. The molecule has 0 heterocycles. The number of nitrogens with one attached hydrogen (secondary N) is 1. The van der Waals surface area contributed by atoms with Crippen LogP contribution in [0.4, 0.5) is 14.5 Å². The normalized spacial score (nSPS) is 10.5. The molecule has 2 nitrogen and oxygen atoms in total. The van der Waals surface area contributed by atoms with Gasteiger partial charge in [-0.25, -0.2) is 8.78 Å². The van der Waals surface area contributed by atoms with E-state index in [-0.39, 0.29) is 11.6 Å². The van der Waals surface area contributed by atoms with Gasteiger partial charge in [0.2, 0.25) is 0 Å². The highest BCUT2D eigenvalue weighted by Gasteiger charge is 2.04. The van der Waals surface area contributed by atoms with Crippen molar-refractivity contribution in [3.05, 3.63) is 94.0 Å². The molecule has 3 aromatic rings. The van der Waals surface area contributed by atoms with Gasteiger partial charge in [0.05, 0.1) is 4.47 Å². The number of rotatable bonds is 6. The van der Waals surface area contributed by atoms with Gasteiger partial charge < -0.3 is 10.1 Å². The van der Waals surface area contributed by atoms with Crippen LogP contribution in [-0.2, 0) is 13.2 Å². The molecule has 0 radical (unpaired) electrons. The third-order valence-corrected chi connectivity index (χ3v) is 4.24. The Labute approximate surface area is 153 Å². The fraction of sp³-hybridized carbons (Fsp3) is 0.100. The molecule has 5 heteroatoms. The summed E-state index contributed by atoms with van der Waals surface area (Å²) in [6, 6.07) is 18.3. The van der Waals surface area contributed by atoms with Gasteiger partial charge in [0.25, 0.3) is 0 Å². The minimum absolute atomic E-state index is 0.256. The molecule has 0 unspecified atom stereocenters. The first-order chi connectivity index (χ1) is 12.1. The molecule has 0 aliphatic carbocycles. The van der Waals surface area contributed by atoms with Crippen molar-refractivity contribution in [1.82, 2.24) is 0 Å². The maximum atomic E-state index is 13.2. The Kier molecular flexibility index (Phi) is 5.66. The van der Waals surface area contributed by atoms with Crippen molar-refractivity contribution in [1.29, 1.82) is 0 Å². The van der Waals surface area contributed by atoms with Crippen LogP contribution in [0.25, 0.3) is 0 Å². The fourth-order valence-electron chi connectivity index (χ4n) is 2.33. The summed E-state index contributed by atoms with van der Waals surface area (Å²) in [7, 11) is 0. The lowest BCUT2D eigenvalue weighted by Crippen LogP contribution is -2.01. The second-order valence-corrected chi connectivity index (χ2v) is 6.40.